The van der Waals surface area contributed by atoms with Crippen molar-refractivity contribution >= 4 is 41.0 Å². The molecule has 0 aliphatic heterocycles. The molecular weight excluding hydrogens is 627 g/mol. The van der Waals surface area contributed by atoms with Crippen LogP contribution in [-0.2, 0) is 29.4 Å². The second-order valence-corrected chi connectivity index (χ2v) is 11.5. The normalized spacial score (nSPS) is 16.1. The van der Waals surface area contributed by atoms with Crippen LogP contribution >= 0.6 is 11.6 Å². The summed E-state index contributed by atoms with van der Waals surface area (Å²) in [6, 6.07) is 9.55. The van der Waals surface area contributed by atoms with Crippen molar-refractivity contribution in [1.29, 1.82) is 0 Å². The minimum absolute atomic E-state index is 0.184. The molecule has 3 atom stereocenters. The summed E-state index contributed by atoms with van der Waals surface area (Å²) in [4.78, 5) is 64.3. The largest absolute Gasteiger partial charge is 0.405 e. The van der Waals surface area contributed by atoms with Crippen molar-refractivity contribution in [1.82, 2.24) is 21.3 Å². The molecule has 1 aliphatic rings. The Balaban J connectivity index is 1.77. The minimum atomic E-state index is -5.01. The number of carbonyl (C=O) groups is 5. The van der Waals surface area contributed by atoms with Crippen LogP contribution in [0, 0.1) is 5.92 Å². The number of halogens is 6. The summed E-state index contributed by atoms with van der Waals surface area (Å²) < 4.78 is 66.6. The summed E-state index contributed by atoms with van der Waals surface area (Å²) in [7, 11) is 0. The first-order valence-electron chi connectivity index (χ1n) is 13.9. The van der Waals surface area contributed by atoms with E-state index < -0.39 is 77.5 Å². The van der Waals surface area contributed by atoms with E-state index in [0.717, 1.165) is 5.32 Å². The zero-order valence-corrected chi connectivity index (χ0v) is 25.2. The molecule has 1 fully saturated rings. The van der Waals surface area contributed by atoms with E-state index in [-0.39, 0.29) is 5.56 Å². The highest BCUT2D eigenvalue weighted by atomic mass is 35.5. The first kappa shape index (κ1) is 35.4. The number of nitrogens with one attached hydrogen (secondary N) is 4. The van der Waals surface area contributed by atoms with Crippen LogP contribution in [0.5, 0.6) is 0 Å². The van der Waals surface area contributed by atoms with Gasteiger partial charge in [0.1, 0.15) is 18.6 Å². The van der Waals surface area contributed by atoms with Crippen molar-refractivity contribution in [2.75, 3.05) is 6.54 Å². The van der Waals surface area contributed by atoms with Gasteiger partial charge in [-0.3, -0.25) is 24.0 Å². The number of ketones is 1. The van der Waals surface area contributed by atoms with Crippen molar-refractivity contribution in [3.05, 3.63) is 70.7 Å². The lowest BCUT2D eigenvalue weighted by Crippen LogP contribution is -2.58. The number of hydrogen-bond donors (Lipinski definition) is 4. The van der Waals surface area contributed by atoms with Gasteiger partial charge in [-0.2, -0.15) is 22.0 Å². The van der Waals surface area contributed by atoms with Gasteiger partial charge in [0, 0.05) is 5.02 Å². The fourth-order valence-electron chi connectivity index (χ4n) is 4.54. The maximum Gasteiger partial charge on any atom is 0.405 e. The smallest absolute Gasteiger partial charge is 0.344 e. The maximum atomic E-state index is 14.7. The predicted molar refractivity (Wildman–Crippen MR) is 153 cm³/mol. The van der Waals surface area contributed by atoms with Gasteiger partial charge in [-0.05, 0) is 48.9 Å². The van der Waals surface area contributed by atoms with Crippen molar-refractivity contribution in [3.8, 4) is 0 Å². The molecule has 4 amide bonds. The van der Waals surface area contributed by atoms with Crippen molar-refractivity contribution in [2.24, 2.45) is 5.92 Å². The first-order valence-corrected chi connectivity index (χ1v) is 14.3. The van der Waals surface area contributed by atoms with E-state index in [9.17, 15) is 45.9 Å². The van der Waals surface area contributed by atoms with E-state index in [1.54, 1.807) is 30.3 Å². The molecule has 4 N–H and O–H groups in total. The van der Waals surface area contributed by atoms with Crippen LogP contribution in [0.1, 0.15) is 50.8 Å². The van der Waals surface area contributed by atoms with E-state index in [0.29, 0.717) is 23.4 Å². The standard InChI is InChI=1S/C30H32ClF5N4O5/c1-16(2)21(23(41)30(35,36)27(45)37-15-29(32,33)34)39-25(43)22(18-8-5-4-6-9-18)40-24(42)17(3)38-26(44)28(12-13-28)19-10-7-11-20(31)14-19/h4-11,14,16-17,21-22H,12-13,15H2,1-3H3,(H,37,45)(H,38,44)(H,39,43)(H,40,42). The Kier molecular flexibility index (Phi) is 11.0. The molecule has 15 heteroatoms. The molecule has 244 valence electrons. The van der Waals surface area contributed by atoms with Gasteiger partial charge in [-0.15, -0.1) is 0 Å². The number of alkyl halides is 5. The monoisotopic (exact) mass is 658 g/mol. The average molecular weight is 659 g/mol. The van der Waals surface area contributed by atoms with Gasteiger partial charge in [0.25, 0.3) is 5.91 Å². The average Bonchev–Trinajstić information content (AvgIpc) is 3.79. The Bertz CT molecular complexity index is 1430. The van der Waals surface area contributed by atoms with Crippen LogP contribution in [0.15, 0.2) is 54.6 Å². The molecule has 3 unspecified atom stereocenters. The first-order chi connectivity index (χ1) is 20.9. The third kappa shape index (κ3) is 8.77. The second kappa shape index (κ2) is 13.9. The number of Topliss-reactive ketones (excluding diaryl/α,β-unsaturated/α-hetero) is 1. The highest BCUT2D eigenvalue weighted by molar-refractivity contribution is 6.30. The Labute approximate surface area is 260 Å². The minimum Gasteiger partial charge on any atom is -0.344 e. The molecule has 1 saturated carbocycles. The molecule has 0 saturated heterocycles. The molecule has 0 radical (unpaired) electrons. The van der Waals surface area contributed by atoms with Gasteiger partial charge in [0.05, 0.1) is 11.5 Å². The molecular formula is C30H32ClF5N4O5. The van der Waals surface area contributed by atoms with Gasteiger partial charge in [0.2, 0.25) is 23.5 Å². The van der Waals surface area contributed by atoms with Gasteiger partial charge in [-0.25, -0.2) is 0 Å². The van der Waals surface area contributed by atoms with Crippen LogP contribution in [0.25, 0.3) is 0 Å². The second-order valence-electron chi connectivity index (χ2n) is 11.1. The third-order valence-electron chi connectivity index (χ3n) is 7.28. The van der Waals surface area contributed by atoms with Crippen LogP contribution in [0.2, 0.25) is 5.02 Å². The molecule has 0 heterocycles. The lowest BCUT2D eigenvalue weighted by molar-refractivity contribution is -0.165. The lowest BCUT2D eigenvalue weighted by atomic mass is 9.94. The van der Waals surface area contributed by atoms with Crippen LogP contribution in [-0.4, -0.2) is 60.1 Å². The Morgan fingerprint density at radius 1 is 0.844 bits per heavy atom. The highest BCUT2D eigenvalue weighted by Gasteiger charge is 2.53. The topological polar surface area (TPSA) is 133 Å². The van der Waals surface area contributed by atoms with Crippen LogP contribution in [0.3, 0.4) is 0 Å². The molecule has 3 rings (SSSR count). The summed E-state index contributed by atoms with van der Waals surface area (Å²) in [6.07, 6.45) is -3.97. The Morgan fingerprint density at radius 3 is 2.00 bits per heavy atom. The molecule has 2 aromatic rings. The lowest BCUT2D eigenvalue weighted by Gasteiger charge is -2.28. The summed E-state index contributed by atoms with van der Waals surface area (Å²) in [6.45, 7) is 1.83. The fraction of sp³-hybridized carbons (Fsp3) is 0.433. The number of benzene rings is 2. The summed E-state index contributed by atoms with van der Waals surface area (Å²) in [5.41, 5.74) is -0.0167. The van der Waals surface area contributed by atoms with Crippen molar-refractivity contribution in [2.45, 2.75) is 69.3 Å². The summed E-state index contributed by atoms with van der Waals surface area (Å²) in [5.74, 6) is -13.0. The van der Waals surface area contributed by atoms with Gasteiger partial charge in [0.15, 0.2) is 0 Å². The molecule has 9 nitrogen and oxygen atoms in total. The molecule has 0 bridgehead atoms. The number of hydrogen-bond acceptors (Lipinski definition) is 5. The molecule has 0 spiro atoms. The zero-order valence-electron chi connectivity index (χ0n) is 24.4. The van der Waals surface area contributed by atoms with Gasteiger partial charge in [-0.1, -0.05) is 67.9 Å². The predicted octanol–water partition coefficient (Wildman–Crippen LogP) is 3.76. The van der Waals surface area contributed by atoms with E-state index in [1.807, 2.05) is 0 Å². The van der Waals surface area contributed by atoms with Crippen molar-refractivity contribution < 1.29 is 45.9 Å². The molecule has 45 heavy (non-hydrogen) atoms. The number of carbonyl (C=O) groups excluding carboxylic acids is 5. The SMILES string of the molecule is CC(NC(=O)C1(c2cccc(Cl)c2)CC1)C(=O)NC(C(=O)NC(C(=O)C(F)(F)C(=O)NCC(F)(F)F)C(C)C)c1ccccc1. The maximum absolute atomic E-state index is 14.7. The van der Waals surface area contributed by atoms with E-state index in [4.69, 9.17) is 11.6 Å². The quantitative estimate of drug-likeness (QED) is 0.192. The van der Waals surface area contributed by atoms with Crippen LogP contribution in [0.4, 0.5) is 22.0 Å². The van der Waals surface area contributed by atoms with E-state index in [1.165, 1.54) is 45.0 Å². The van der Waals surface area contributed by atoms with Crippen LogP contribution < -0.4 is 21.3 Å². The van der Waals surface area contributed by atoms with Gasteiger partial charge < -0.3 is 21.3 Å². The number of rotatable bonds is 13. The summed E-state index contributed by atoms with van der Waals surface area (Å²) in [5, 5.41) is 8.60. The van der Waals surface area contributed by atoms with Crippen molar-refractivity contribution in [3.63, 3.8) is 0 Å². The Morgan fingerprint density at radius 2 is 1.47 bits per heavy atom. The van der Waals surface area contributed by atoms with E-state index >= 15 is 0 Å². The fourth-order valence-corrected chi connectivity index (χ4v) is 4.73. The highest BCUT2D eigenvalue weighted by Crippen LogP contribution is 2.49. The number of amides is 4. The molecule has 1 aliphatic carbocycles. The third-order valence-corrected chi connectivity index (χ3v) is 7.51. The van der Waals surface area contributed by atoms with E-state index in [2.05, 4.69) is 16.0 Å². The molecule has 0 aromatic heterocycles. The zero-order chi connectivity index (χ0) is 33.7. The molecule has 2 aromatic carbocycles. The Hall–Kier alpha value is -4.07. The van der Waals surface area contributed by atoms with Gasteiger partial charge >= 0.3 is 12.1 Å². The summed E-state index contributed by atoms with van der Waals surface area (Å²) >= 11 is 6.07.